The molecule has 2 heteroatoms. The molecule has 110 valence electrons. The van der Waals surface area contributed by atoms with Crippen LogP contribution in [-0.2, 0) is 4.79 Å². The van der Waals surface area contributed by atoms with E-state index >= 15 is 0 Å². The number of hydrogen-bond acceptors (Lipinski definition) is 1. The third-order valence-corrected chi connectivity index (χ3v) is 3.79. The van der Waals surface area contributed by atoms with Crippen LogP contribution in [0.4, 0.5) is 5.69 Å². The standard InChI is InChI=1S/C20H19NO/c1-14(2)20(22)21-19-13-12-16(15-8-4-3-5-9-15)17-10-6-7-11-18(17)19/h3-14H,1-2H3,(H,21,22). The predicted molar refractivity (Wildman–Crippen MR) is 92.9 cm³/mol. The van der Waals surface area contributed by atoms with Gasteiger partial charge in [-0.2, -0.15) is 0 Å². The first kappa shape index (κ1) is 14.3. The van der Waals surface area contributed by atoms with Gasteiger partial charge >= 0.3 is 0 Å². The molecule has 0 aliphatic carbocycles. The van der Waals surface area contributed by atoms with Crippen molar-refractivity contribution < 1.29 is 4.79 Å². The van der Waals surface area contributed by atoms with Crippen molar-refractivity contribution in [3.63, 3.8) is 0 Å². The number of fused-ring (bicyclic) bond motifs is 1. The van der Waals surface area contributed by atoms with E-state index in [0.29, 0.717) is 0 Å². The summed E-state index contributed by atoms with van der Waals surface area (Å²) in [5.74, 6) is 0.00479. The van der Waals surface area contributed by atoms with Crippen molar-refractivity contribution in [3.05, 3.63) is 66.7 Å². The summed E-state index contributed by atoms with van der Waals surface area (Å²) >= 11 is 0. The lowest BCUT2D eigenvalue weighted by Crippen LogP contribution is -2.17. The van der Waals surface area contributed by atoms with Crippen LogP contribution in [0.25, 0.3) is 21.9 Å². The third kappa shape index (κ3) is 2.73. The summed E-state index contributed by atoms with van der Waals surface area (Å²) in [4.78, 5) is 12.0. The van der Waals surface area contributed by atoms with Gasteiger partial charge in [0.15, 0.2) is 0 Å². The molecule has 0 bridgehead atoms. The van der Waals surface area contributed by atoms with Crippen LogP contribution in [0.15, 0.2) is 66.7 Å². The number of carbonyl (C=O) groups excluding carboxylic acids is 1. The second kappa shape index (κ2) is 6.02. The first-order valence-electron chi connectivity index (χ1n) is 7.55. The zero-order chi connectivity index (χ0) is 15.5. The maximum atomic E-state index is 12.0. The summed E-state index contributed by atoms with van der Waals surface area (Å²) in [5.41, 5.74) is 3.23. The lowest BCUT2D eigenvalue weighted by Gasteiger charge is -2.13. The first-order valence-corrected chi connectivity index (χ1v) is 7.55. The van der Waals surface area contributed by atoms with E-state index in [-0.39, 0.29) is 11.8 Å². The van der Waals surface area contributed by atoms with Crippen molar-refractivity contribution >= 4 is 22.4 Å². The van der Waals surface area contributed by atoms with Crippen molar-refractivity contribution in [2.45, 2.75) is 13.8 Å². The number of hydrogen-bond donors (Lipinski definition) is 1. The van der Waals surface area contributed by atoms with Gasteiger partial charge in [-0.05, 0) is 22.6 Å². The van der Waals surface area contributed by atoms with Crippen LogP contribution in [0, 0.1) is 5.92 Å². The number of nitrogens with one attached hydrogen (secondary N) is 1. The Kier molecular flexibility index (Phi) is 3.92. The fourth-order valence-corrected chi connectivity index (χ4v) is 2.55. The van der Waals surface area contributed by atoms with Gasteiger partial charge < -0.3 is 5.32 Å². The van der Waals surface area contributed by atoms with Crippen molar-refractivity contribution in [2.75, 3.05) is 5.32 Å². The lowest BCUT2D eigenvalue weighted by molar-refractivity contribution is -0.118. The molecule has 0 radical (unpaired) electrons. The molecule has 0 spiro atoms. The molecule has 0 aromatic heterocycles. The second-order valence-electron chi connectivity index (χ2n) is 5.72. The van der Waals surface area contributed by atoms with Crippen molar-refractivity contribution in [1.82, 2.24) is 0 Å². The van der Waals surface area contributed by atoms with Crippen molar-refractivity contribution in [3.8, 4) is 11.1 Å². The normalized spacial score (nSPS) is 10.9. The number of carbonyl (C=O) groups is 1. The van der Waals surface area contributed by atoms with E-state index in [1.807, 2.05) is 50.2 Å². The molecule has 0 saturated carbocycles. The molecule has 3 aromatic carbocycles. The van der Waals surface area contributed by atoms with E-state index in [9.17, 15) is 4.79 Å². The second-order valence-corrected chi connectivity index (χ2v) is 5.72. The zero-order valence-corrected chi connectivity index (χ0v) is 12.8. The average molecular weight is 289 g/mol. The van der Waals surface area contributed by atoms with Gasteiger partial charge in [0, 0.05) is 17.0 Å². The van der Waals surface area contributed by atoms with Gasteiger partial charge in [0.2, 0.25) is 5.91 Å². The minimum Gasteiger partial charge on any atom is -0.325 e. The molecule has 0 atom stereocenters. The molecule has 0 fully saturated rings. The van der Waals surface area contributed by atoms with Gasteiger partial charge in [-0.15, -0.1) is 0 Å². The molecule has 3 aromatic rings. The summed E-state index contributed by atoms with van der Waals surface area (Å²) in [5, 5.41) is 5.24. The monoisotopic (exact) mass is 289 g/mol. The van der Waals surface area contributed by atoms with Gasteiger partial charge in [0.05, 0.1) is 0 Å². The van der Waals surface area contributed by atoms with Gasteiger partial charge in [0.1, 0.15) is 0 Å². The minimum atomic E-state index is -0.0347. The molecule has 0 unspecified atom stereocenters. The van der Waals surface area contributed by atoms with Crippen LogP contribution >= 0.6 is 0 Å². The molecule has 0 heterocycles. The number of amides is 1. The maximum Gasteiger partial charge on any atom is 0.226 e. The van der Waals surface area contributed by atoms with E-state index < -0.39 is 0 Å². The van der Waals surface area contributed by atoms with Crippen molar-refractivity contribution in [1.29, 1.82) is 0 Å². The van der Waals surface area contributed by atoms with Crippen LogP contribution in [-0.4, -0.2) is 5.91 Å². The summed E-state index contributed by atoms with van der Waals surface area (Å²) in [7, 11) is 0. The van der Waals surface area contributed by atoms with Gasteiger partial charge in [-0.25, -0.2) is 0 Å². The highest BCUT2D eigenvalue weighted by Crippen LogP contribution is 2.33. The predicted octanol–water partition coefficient (Wildman–Crippen LogP) is 5.10. The van der Waals surface area contributed by atoms with Crippen LogP contribution in [0.2, 0.25) is 0 Å². The Labute approximate surface area is 130 Å². The van der Waals surface area contributed by atoms with E-state index in [1.54, 1.807) is 0 Å². The number of anilines is 1. The molecule has 0 aliphatic heterocycles. The lowest BCUT2D eigenvalue weighted by atomic mass is 9.97. The van der Waals surface area contributed by atoms with Gasteiger partial charge in [-0.3, -0.25) is 4.79 Å². The Morgan fingerprint density at radius 1 is 0.818 bits per heavy atom. The van der Waals surface area contributed by atoms with E-state index in [0.717, 1.165) is 16.5 Å². The Morgan fingerprint density at radius 2 is 1.45 bits per heavy atom. The quantitative estimate of drug-likeness (QED) is 0.714. The maximum absolute atomic E-state index is 12.0. The summed E-state index contributed by atoms with van der Waals surface area (Å²) in [6.45, 7) is 3.80. The highest BCUT2D eigenvalue weighted by molar-refractivity contribution is 6.07. The summed E-state index contributed by atoms with van der Waals surface area (Å²) < 4.78 is 0. The number of rotatable bonds is 3. The zero-order valence-electron chi connectivity index (χ0n) is 12.8. The Morgan fingerprint density at radius 3 is 2.14 bits per heavy atom. The van der Waals surface area contributed by atoms with Crippen LogP contribution in [0.5, 0.6) is 0 Å². The van der Waals surface area contributed by atoms with Gasteiger partial charge in [-0.1, -0.05) is 74.5 Å². The average Bonchev–Trinajstić information content (AvgIpc) is 2.56. The Hall–Kier alpha value is -2.61. The van der Waals surface area contributed by atoms with Crippen molar-refractivity contribution in [2.24, 2.45) is 5.92 Å². The van der Waals surface area contributed by atoms with Gasteiger partial charge in [0.25, 0.3) is 0 Å². The first-order chi connectivity index (χ1) is 10.7. The smallest absolute Gasteiger partial charge is 0.226 e. The molecule has 1 amide bonds. The highest BCUT2D eigenvalue weighted by atomic mass is 16.1. The van der Waals surface area contributed by atoms with Crippen LogP contribution < -0.4 is 5.32 Å². The fourth-order valence-electron chi connectivity index (χ4n) is 2.55. The Balaban J connectivity index is 2.14. The van der Waals surface area contributed by atoms with Crippen LogP contribution in [0.3, 0.4) is 0 Å². The van der Waals surface area contributed by atoms with Crippen LogP contribution in [0.1, 0.15) is 13.8 Å². The van der Waals surface area contributed by atoms with E-state index in [4.69, 9.17) is 0 Å². The molecule has 22 heavy (non-hydrogen) atoms. The molecular weight excluding hydrogens is 270 g/mol. The molecular formula is C20H19NO. The van der Waals surface area contributed by atoms with E-state index in [1.165, 1.54) is 11.1 Å². The third-order valence-electron chi connectivity index (χ3n) is 3.79. The topological polar surface area (TPSA) is 29.1 Å². The van der Waals surface area contributed by atoms with E-state index in [2.05, 4.69) is 35.6 Å². The molecule has 0 aliphatic rings. The summed E-state index contributed by atoms with van der Waals surface area (Å²) in [6, 6.07) is 22.6. The Bertz CT molecular complexity index is 806. The molecule has 2 nitrogen and oxygen atoms in total. The fraction of sp³-hybridized carbons (Fsp3) is 0.150. The SMILES string of the molecule is CC(C)C(=O)Nc1ccc(-c2ccccc2)c2ccccc12. The highest BCUT2D eigenvalue weighted by Gasteiger charge is 2.11. The largest absolute Gasteiger partial charge is 0.325 e. The molecule has 3 rings (SSSR count). The number of benzene rings is 3. The summed E-state index contributed by atoms with van der Waals surface area (Å²) in [6.07, 6.45) is 0. The minimum absolute atomic E-state index is 0.0347. The molecule has 0 saturated heterocycles. The molecule has 1 N–H and O–H groups in total.